The molecule has 2 rings (SSSR count). The van der Waals surface area contributed by atoms with Crippen molar-refractivity contribution in [3.63, 3.8) is 0 Å². The maximum Gasteiger partial charge on any atom is 0.410 e. The molecule has 0 bridgehead atoms. The van der Waals surface area contributed by atoms with Gasteiger partial charge in [0.05, 0.1) is 5.69 Å². The quantitative estimate of drug-likeness (QED) is 0.833. The second-order valence-corrected chi connectivity index (χ2v) is 7.41. The van der Waals surface area contributed by atoms with Crippen LogP contribution < -0.4 is 5.32 Å². The number of ether oxygens (including phenoxy) is 1. The van der Waals surface area contributed by atoms with Crippen molar-refractivity contribution in [3.05, 3.63) is 18.1 Å². The summed E-state index contributed by atoms with van der Waals surface area (Å²) in [6.45, 7) is 7.85. The molecule has 1 atom stereocenters. The van der Waals surface area contributed by atoms with Gasteiger partial charge < -0.3 is 15.0 Å². The number of carbonyl (C=O) groups is 1. The topological polar surface area (TPSA) is 67.4 Å². The first-order chi connectivity index (χ1) is 10.9. The van der Waals surface area contributed by atoms with E-state index in [-0.39, 0.29) is 12.1 Å². The average molecular weight is 338 g/mol. The Morgan fingerprint density at radius 1 is 1.43 bits per heavy atom. The van der Waals surface area contributed by atoms with Crippen molar-refractivity contribution in [1.82, 2.24) is 20.2 Å². The Bertz CT molecular complexity index is 533. The van der Waals surface area contributed by atoms with E-state index in [2.05, 4.69) is 15.3 Å². The predicted molar refractivity (Wildman–Crippen MR) is 91.5 cm³/mol. The van der Waals surface area contributed by atoms with Crippen LogP contribution in [0.3, 0.4) is 0 Å². The van der Waals surface area contributed by atoms with Gasteiger partial charge in [0.1, 0.15) is 10.6 Å². The second kappa shape index (κ2) is 7.97. The fourth-order valence-corrected chi connectivity index (χ4v) is 3.14. The van der Waals surface area contributed by atoms with Crippen LogP contribution in [0.4, 0.5) is 4.79 Å². The molecule has 1 saturated heterocycles. The first-order valence-electron chi connectivity index (χ1n) is 7.95. The molecule has 1 fully saturated rings. The highest BCUT2D eigenvalue weighted by Crippen LogP contribution is 2.20. The van der Waals surface area contributed by atoms with E-state index in [1.165, 1.54) is 0 Å². The van der Waals surface area contributed by atoms with Crippen LogP contribution in [0.25, 0.3) is 0 Å². The third kappa shape index (κ3) is 5.35. The fraction of sp³-hybridized carbons (Fsp3) is 0.688. The third-order valence-corrected chi connectivity index (χ3v) is 4.33. The van der Waals surface area contributed by atoms with Crippen LogP contribution in [0.5, 0.6) is 0 Å². The number of carbonyl (C=O) groups excluding carboxylic acids is 1. The van der Waals surface area contributed by atoms with Gasteiger partial charge in [-0.05, 0) is 39.9 Å². The van der Waals surface area contributed by atoms with Crippen LogP contribution in [-0.2, 0) is 11.3 Å². The molecular formula is C16H26N4O2S. The molecule has 0 aromatic carbocycles. The molecule has 6 nitrogen and oxygen atoms in total. The number of rotatable bonds is 5. The van der Waals surface area contributed by atoms with Crippen molar-refractivity contribution in [1.29, 1.82) is 0 Å². The molecule has 1 aromatic rings. The fourth-order valence-electron chi connectivity index (χ4n) is 2.61. The molecule has 23 heavy (non-hydrogen) atoms. The molecule has 128 valence electrons. The minimum atomic E-state index is -0.454. The van der Waals surface area contributed by atoms with Crippen molar-refractivity contribution in [3.8, 4) is 0 Å². The van der Waals surface area contributed by atoms with Crippen molar-refractivity contribution < 1.29 is 9.53 Å². The van der Waals surface area contributed by atoms with Crippen LogP contribution in [0.1, 0.15) is 39.3 Å². The molecule has 1 aliphatic rings. The Labute approximate surface area is 142 Å². The van der Waals surface area contributed by atoms with E-state index in [4.69, 9.17) is 4.74 Å². The highest BCUT2D eigenvalue weighted by molar-refractivity contribution is 7.98. The zero-order chi connectivity index (χ0) is 16.9. The van der Waals surface area contributed by atoms with Gasteiger partial charge in [-0.15, -0.1) is 11.8 Å². The summed E-state index contributed by atoms with van der Waals surface area (Å²) < 4.78 is 5.49. The summed E-state index contributed by atoms with van der Waals surface area (Å²) in [4.78, 5) is 22.8. The Morgan fingerprint density at radius 2 is 2.17 bits per heavy atom. The monoisotopic (exact) mass is 338 g/mol. The summed E-state index contributed by atoms with van der Waals surface area (Å²) in [6, 6.07) is 0.180. The first-order valence-corrected chi connectivity index (χ1v) is 9.17. The van der Waals surface area contributed by atoms with Crippen LogP contribution >= 0.6 is 11.8 Å². The predicted octanol–water partition coefficient (Wildman–Crippen LogP) is 2.69. The molecular weight excluding hydrogens is 312 g/mol. The van der Waals surface area contributed by atoms with E-state index >= 15 is 0 Å². The lowest BCUT2D eigenvalue weighted by Gasteiger charge is -2.28. The zero-order valence-electron chi connectivity index (χ0n) is 14.3. The van der Waals surface area contributed by atoms with Crippen molar-refractivity contribution >= 4 is 17.9 Å². The summed E-state index contributed by atoms with van der Waals surface area (Å²) >= 11 is 1.59. The van der Waals surface area contributed by atoms with Crippen LogP contribution in [0.2, 0.25) is 0 Å². The molecule has 1 aliphatic heterocycles. The molecule has 0 unspecified atom stereocenters. The van der Waals surface area contributed by atoms with Crippen LogP contribution in [0, 0.1) is 0 Å². The van der Waals surface area contributed by atoms with Gasteiger partial charge in [-0.2, -0.15) is 0 Å². The lowest BCUT2D eigenvalue weighted by atomic mass is 10.2. The van der Waals surface area contributed by atoms with Crippen molar-refractivity contribution in [2.75, 3.05) is 19.3 Å². The van der Waals surface area contributed by atoms with E-state index in [0.717, 1.165) is 36.7 Å². The van der Waals surface area contributed by atoms with Gasteiger partial charge in [0.2, 0.25) is 0 Å². The van der Waals surface area contributed by atoms with Gasteiger partial charge >= 0.3 is 6.09 Å². The number of thioether (sulfide) groups is 1. The minimum absolute atomic E-state index is 0.180. The van der Waals surface area contributed by atoms with Gasteiger partial charge in [0.25, 0.3) is 0 Å². The van der Waals surface area contributed by atoms with Gasteiger partial charge in [-0.25, -0.2) is 9.78 Å². The highest BCUT2D eigenvalue weighted by Gasteiger charge is 2.31. The summed E-state index contributed by atoms with van der Waals surface area (Å²) in [5.41, 5.74) is 0.492. The maximum absolute atomic E-state index is 12.3. The summed E-state index contributed by atoms with van der Waals surface area (Å²) in [6.07, 6.45) is 7.21. The number of aromatic nitrogens is 2. The SMILES string of the molecule is CSc1nccnc1CNC[C@@H]1CCCN1C(=O)OC(C)(C)C. The van der Waals surface area contributed by atoms with Gasteiger partial charge in [-0.1, -0.05) is 0 Å². The molecule has 0 radical (unpaired) electrons. The molecule has 0 saturated carbocycles. The van der Waals surface area contributed by atoms with E-state index in [0.29, 0.717) is 6.54 Å². The summed E-state index contributed by atoms with van der Waals surface area (Å²) in [5.74, 6) is 0. The normalized spacial score (nSPS) is 18.3. The molecule has 0 spiro atoms. The Kier molecular flexibility index (Phi) is 6.24. The van der Waals surface area contributed by atoms with E-state index in [1.807, 2.05) is 31.9 Å². The second-order valence-electron chi connectivity index (χ2n) is 6.61. The lowest BCUT2D eigenvalue weighted by Crippen LogP contribution is -2.44. The molecule has 0 aliphatic carbocycles. The largest absolute Gasteiger partial charge is 0.444 e. The summed E-state index contributed by atoms with van der Waals surface area (Å²) in [5, 5.41) is 4.34. The van der Waals surface area contributed by atoms with Gasteiger partial charge in [0.15, 0.2) is 0 Å². The number of likely N-dealkylation sites (tertiary alicyclic amines) is 1. The number of nitrogens with zero attached hydrogens (tertiary/aromatic N) is 3. The van der Waals surface area contributed by atoms with Crippen LogP contribution in [0.15, 0.2) is 17.4 Å². The molecule has 1 N–H and O–H groups in total. The Morgan fingerprint density at radius 3 is 2.87 bits per heavy atom. The van der Waals surface area contributed by atoms with Crippen molar-refractivity contribution in [2.24, 2.45) is 0 Å². The van der Waals surface area contributed by atoms with E-state index < -0.39 is 5.60 Å². The van der Waals surface area contributed by atoms with E-state index in [9.17, 15) is 4.79 Å². The van der Waals surface area contributed by atoms with E-state index in [1.54, 1.807) is 24.2 Å². The number of amides is 1. The number of nitrogens with one attached hydrogen (secondary N) is 1. The first kappa shape index (κ1) is 18.0. The minimum Gasteiger partial charge on any atom is -0.444 e. The van der Waals surface area contributed by atoms with Gasteiger partial charge in [0, 0.05) is 38.1 Å². The molecule has 1 aromatic heterocycles. The zero-order valence-corrected chi connectivity index (χ0v) is 15.2. The van der Waals surface area contributed by atoms with Gasteiger partial charge in [-0.3, -0.25) is 4.98 Å². The standard InChI is InChI=1S/C16H26N4O2S/c1-16(2,3)22-15(21)20-9-5-6-12(20)10-17-11-13-14(23-4)19-8-7-18-13/h7-8,12,17H,5-6,9-11H2,1-4H3/t12-/m0/s1. The lowest BCUT2D eigenvalue weighted by molar-refractivity contribution is 0.0226. The maximum atomic E-state index is 12.3. The average Bonchev–Trinajstić information content (AvgIpc) is 2.94. The number of hydrogen-bond acceptors (Lipinski definition) is 6. The molecule has 1 amide bonds. The molecule has 2 heterocycles. The Balaban J connectivity index is 1.86. The third-order valence-electron chi connectivity index (χ3n) is 3.61. The number of hydrogen-bond donors (Lipinski definition) is 1. The Hall–Kier alpha value is -1.34. The van der Waals surface area contributed by atoms with Crippen molar-refractivity contribution in [2.45, 2.75) is 56.8 Å². The molecule has 7 heteroatoms. The highest BCUT2D eigenvalue weighted by atomic mass is 32.2. The summed E-state index contributed by atoms with van der Waals surface area (Å²) in [7, 11) is 0. The smallest absolute Gasteiger partial charge is 0.410 e. The van der Waals surface area contributed by atoms with Crippen LogP contribution in [-0.4, -0.2) is 51.9 Å².